The van der Waals surface area contributed by atoms with Crippen LogP contribution in [0.4, 0.5) is 0 Å². The van der Waals surface area contributed by atoms with Crippen molar-refractivity contribution in [2.75, 3.05) is 0 Å². The number of hydrogen-bond donors (Lipinski definition) is 5. The Morgan fingerprint density at radius 1 is 0.684 bits per heavy atom. The molecule has 0 spiro atoms. The lowest BCUT2D eigenvalue weighted by atomic mass is 9.75. The van der Waals surface area contributed by atoms with E-state index in [-0.39, 0.29) is 0 Å². The molecule has 0 amide bonds. The Kier molecular flexibility index (Phi) is 4.07. The molecule has 0 aromatic carbocycles. The van der Waals surface area contributed by atoms with Crippen molar-refractivity contribution in [2.24, 2.45) is 17.8 Å². The van der Waals surface area contributed by atoms with Gasteiger partial charge in [-0.3, -0.25) is 14.4 Å². The van der Waals surface area contributed by atoms with Crippen molar-refractivity contribution in [3.63, 3.8) is 0 Å². The summed E-state index contributed by atoms with van der Waals surface area (Å²) in [4.78, 5) is 43.7. The maximum atomic E-state index is 11.0. The minimum Gasteiger partial charge on any atom is -0.481 e. The van der Waals surface area contributed by atoms with Crippen LogP contribution in [0, 0.1) is 17.8 Å². The first-order valence-corrected chi connectivity index (χ1v) is 4.93. The number of hydrogen-bond acceptors (Lipinski definition) is 6. The van der Waals surface area contributed by atoms with Gasteiger partial charge in [-0.2, -0.15) is 0 Å². The molecule has 10 nitrogen and oxygen atoms in total. The third-order valence-corrected chi connectivity index (χ3v) is 2.79. The highest BCUT2D eigenvalue weighted by Gasteiger charge is 2.57. The lowest BCUT2D eigenvalue weighted by Gasteiger charge is -2.37. The van der Waals surface area contributed by atoms with Crippen molar-refractivity contribution in [2.45, 2.75) is 12.4 Å². The van der Waals surface area contributed by atoms with E-state index in [4.69, 9.17) is 20.4 Å². The fraction of sp³-hybridized carbons (Fsp3) is 0.556. The predicted octanol–water partition coefficient (Wildman–Crippen LogP) is -2.11. The van der Waals surface area contributed by atoms with Crippen LogP contribution in [0.15, 0.2) is 0 Å². The van der Waals surface area contributed by atoms with Gasteiger partial charge >= 0.3 is 23.9 Å². The largest absolute Gasteiger partial charge is 0.481 e. The van der Waals surface area contributed by atoms with Crippen LogP contribution in [0.25, 0.3) is 0 Å². The lowest BCUT2D eigenvalue weighted by molar-refractivity contribution is -0.243. The summed E-state index contributed by atoms with van der Waals surface area (Å²) in [6, 6.07) is 0. The Hall–Kier alpha value is -2.20. The van der Waals surface area contributed by atoms with Gasteiger partial charge in [-0.15, -0.1) is 0 Å². The van der Waals surface area contributed by atoms with Crippen LogP contribution in [-0.2, 0) is 23.9 Å². The first-order chi connectivity index (χ1) is 8.68. The molecular weight excluding hydrogens is 268 g/mol. The third kappa shape index (κ3) is 2.63. The van der Waals surface area contributed by atoms with Crippen LogP contribution in [-0.4, -0.2) is 61.8 Å². The quantitative estimate of drug-likeness (QED) is 0.382. The van der Waals surface area contributed by atoms with E-state index < -0.39 is 54.0 Å². The van der Waals surface area contributed by atoms with E-state index in [0.29, 0.717) is 0 Å². The van der Waals surface area contributed by atoms with Crippen LogP contribution in [0.2, 0.25) is 0 Å². The molecule has 1 rings (SSSR count). The predicted molar refractivity (Wildman–Crippen MR) is 51.9 cm³/mol. The van der Waals surface area contributed by atoms with Crippen LogP contribution in [0.3, 0.4) is 0 Å². The van der Waals surface area contributed by atoms with Gasteiger partial charge in [-0.05, 0) is 0 Å². The van der Waals surface area contributed by atoms with Crippen molar-refractivity contribution in [3.8, 4) is 0 Å². The van der Waals surface area contributed by atoms with Crippen molar-refractivity contribution in [1.29, 1.82) is 0 Å². The minimum absolute atomic E-state index is 1.80. The van der Waals surface area contributed by atoms with E-state index in [1.165, 1.54) is 0 Å². The molecule has 19 heavy (non-hydrogen) atoms. The number of carboxylic acids is 4. The Labute approximate surface area is 104 Å². The zero-order valence-electron chi connectivity index (χ0n) is 9.16. The van der Waals surface area contributed by atoms with E-state index in [1.807, 2.05) is 0 Å². The number of carboxylic acid groups (broad SMARTS) is 4. The molecule has 0 aromatic heterocycles. The SMILES string of the molecule is O=C(O)C1OC(O)C(C(=O)O)C(C(=O)O)C1C(=O)O. The molecule has 5 atom stereocenters. The summed E-state index contributed by atoms with van der Waals surface area (Å²) < 4.78 is 4.41. The maximum Gasteiger partial charge on any atom is 0.333 e. The van der Waals surface area contributed by atoms with Crippen LogP contribution in [0.1, 0.15) is 0 Å². The van der Waals surface area contributed by atoms with Gasteiger partial charge in [0.1, 0.15) is 11.8 Å². The third-order valence-electron chi connectivity index (χ3n) is 2.79. The van der Waals surface area contributed by atoms with Crippen molar-refractivity contribution >= 4 is 23.9 Å². The van der Waals surface area contributed by atoms with Gasteiger partial charge in [0.2, 0.25) is 0 Å². The van der Waals surface area contributed by atoms with Gasteiger partial charge in [-0.25, -0.2) is 4.79 Å². The Morgan fingerprint density at radius 3 is 1.42 bits per heavy atom. The van der Waals surface area contributed by atoms with Crippen molar-refractivity contribution in [1.82, 2.24) is 0 Å². The normalized spacial score (nSPS) is 34.5. The number of aliphatic hydroxyl groups excluding tert-OH is 1. The summed E-state index contributed by atoms with van der Waals surface area (Å²) in [5.74, 6) is -13.6. The first-order valence-electron chi connectivity index (χ1n) is 4.93. The van der Waals surface area contributed by atoms with Crippen LogP contribution < -0.4 is 0 Å². The van der Waals surface area contributed by atoms with Gasteiger partial charge in [0, 0.05) is 0 Å². The number of rotatable bonds is 4. The van der Waals surface area contributed by atoms with E-state index in [0.717, 1.165) is 0 Å². The summed E-state index contributed by atoms with van der Waals surface area (Å²) >= 11 is 0. The topological polar surface area (TPSA) is 179 Å². The lowest BCUT2D eigenvalue weighted by Crippen LogP contribution is -2.57. The van der Waals surface area contributed by atoms with E-state index >= 15 is 0 Å². The Morgan fingerprint density at radius 2 is 1.11 bits per heavy atom. The highest BCUT2D eigenvalue weighted by molar-refractivity contribution is 5.90. The second-order valence-electron chi connectivity index (χ2n) is 3.88. The van der Waals surface area contributed by atoms with E-state index in [1.54, 1.807) is 0 Å². The smallest absolute Gasteiger partial charge is 0.333 e. The summed E-state index contributed by atoms with van der Waals surface area (Å²) in [6.45, 7) is 0. The molecular formula is C9H10O10. The number of aliphatic hydroxyl groups is 1. The molecule has 1 aliphatic rings. The van der Waals surface area contributed by atoms with Gasteiger partial charge in [0.05, 0.1) is 5.92 Å². The highest BCUT2D eigenvalue weighted by atomic mass is 16.6. The molecule has 0 aliphatic carbocycles. The summed E-state index contributed by atoms with van der Waals surface area (Å²) in [5, 5.41) is 44.7. The summed E-state index contributed by atoms with van der Waals surface area (Å²) in [7, 11) is 0. The molecule has 1 heterocycles. The summed E-state index contributed by atoms with van der Waals surface area (Å²) in [5.41, 5.74) is 0. The van der Waals surface area contributed by atoms with Gasteiger partial charge < -0.3 is 30.3 Å². The highest BCUT2D eigenvalue weighted by Crippen LogP contribution is 2.35. The van der Waals surface area contributed by atoms with Gasteiger partial charge in [-0.1, -0.05) is 0 Å². The van der Waals surface area contributed by atoms with E-state index in [2.05, 4.69) is 4.74 Å². The van der Waals surface area contributed by atoms with Crippen LogP contribution in [0.5, 0.6) is 0 Å². The van der Waals surface area contributed by atoms with Crippen molar-refractivity contribution < 1.29 is 49.4 Å². The Bertz CT molecular complexity index is 429. The number of carbonyl (C=O) groups is 4. The average molecular weight is 278 g/mol. The van der Waals surface area contributed by atoms with Crippen LogP contribution >= 0.6 is 0 Å². The second-order valence-corrected chi connectivity index (χ2v) is 3.88. The first kappa shape index (κ1) is 14.9. The minimum atomic E-state index is -2.23. The molecule has 1 saturated heterocycles. The standard InChI is InChI=1S/C9H10O10/c10-5(11)1-2(6(12)13)4(8(16)17)19-9(18)3(1)7(14)15/h1-4,9,18H,(H,10,11)(H,12,13)(H,14,15)(H,16,17). The fourth-order valence-corrected chi connectivity index (χ4v) is 1.99. The van der Waals surface area contributed by atoms with Crippen molar-refractivity contribution in [3.05, 3.63) is 0 Å². The monoisotopic (exact) mass is 278 g/mol. The van der Waals surface area contributed by atoms with E-state index in [9.17, 15) is 24.3 Å². The zero-order valence-corrected chi connectivity index (χ0v) is 9.16. The molecule has 1 fully saturated rings. The molecule has 0 saturated carbocycles. The van der Waals surface area contributed by atoms with Gasteiger partial charge in [0.15, 0.2) is 12.4 Å². The number of aliphatic carboxylic acids is 4. The molecule has 106 valence electrons. The second kappa shape index (κ2) is 5.20. The molecule has 0 radical (unpaired) electrons. The molecule has 5 unspecified atom stereocenters. The summed E-state index contributed by atoms with van der Waals surface area (Å²) in [6.07, 6.45) is -4.38. The molecule has 5 N–H and O–H groups in total. The van der Waals surface area contributed by atoms with Gasteiger partial charge in [0.25, 0.3) is 0 Å². The number of ether oxygens (including phenoxy) is 1. The zero-order chi connectivity index (χ0) is 14.9. The molecule has 1 aliphatic heterocycles. The average Bonchev–Trinajstić information content (AvgIpc) is 2.25. The molecule has 10 heteroatoms. The molecule has 0 bridgehead atoms. The molecule has 0 aromatic rings. The fourth-order valence-electron chi connectivity index (χ4n) is 1.99. The Balaban J connectivity index is 3.30. The maximum absolute atomic E-state index is 11.0.